The van der Waals surface area contributed by atoms with Gasteiger partial charge in [0.05, 0.1) is 41.6 Å². The summed E-state index contributed by atoms with van der Waals surface area (Å²) < 4.78 is 62.5. The molecule has 3 aliphatic heterocycles. The molecule has 0 radical (unpaired) electrons. The van der Waals surface area contributed by atoms with E-state index in [2.05, 4.69) is 9.97 Å². The Morgan fingerprint density at radius 2 is 1.68 bits per heavy atom. The first-order valence-electron chi connectivity index (χ1n) is 15.7. The summed E-state index contributed by atoms with van der Waals surface area (Å²) in [5.74, 6) is -1.78. The molecule has 2 aromatic carbocycles. The van der Waals surface area contributed by atoms with E-state index in [9.17, 15) is 27.2 Å². The van der Waals surface area contributed by atoms with Crippen molar-refractivity contribution in [3.8, 4) is 0 Å². The van der Waals surface area contributed by atoms with Crippen molar-refractivity contribution in [2.75, 3.05) is 13.2 Å². The third-order valence-electron chi connectivity index (χ3n) is 9.17. The van der Waals surface area contributed by atoms with Crippen molar-refractivity contribution in [3.05, 3.63) is 94.3 Å². The van der Waals surface area contributed by atoms with E-state index in [-0.39, 0.29) is 30.9 Å². The minimum Gasteiger partial charge on any atom is -0.381 e. The molecule has 0 saturated carbocycles. The molecule has 9 nitrogen and oxygen atoms in total. The summed E-state index contributed by atoms with van der Waals surface area (Å²) in [6.07, 6.45) is 0.164. The molecule has 1 aromatic heterocycles. The number of nitrogens with zero attached hydrogens (tertiary/aromatic N) is 5. The number of ether oxygens (including phenoxy) is 1. The number of alkyl halides is 3. The lowest BCUT2D eigenvalue weighted by atomic mass is 9.78. The van der Waals surface area contributed by atoms with Gasteiger partial charge in [-0.2, -0.15) is 13.2 Å². The Labute approximate surface area is 269 Å². The van der Waals surface area contributed by atoms with E-state index < -0.39 is 46.5 Å². The largest absolute Gasteiger partial charge is 0.417 e. The Bertz CT molecular complexity index is 1660. The molecule has 2 amide bonds. The van der Waals surface area contributed by atoms with Crippen molar-refractivity contribution in [3.63, 3.8) is 0 Å². The summed E-state index contributed by atoms with van der Waals surface area (Å²) in [7, 11) is 0. The van der Waals surface area contributed by atoms with E-state index >= 15 is 0 Å². The fraction of sp³-hybridized carbons (Fsp3) is 0.441. The molecule has 2 atom stereocenters. The van der Waals surface area contributed by atoms with Gasteiger partial charge in [0.15, 0.2) is 11.5 Å². The first-order valence-corrected chi connectivity index (χ1v) is 15.7. The highest BCUT2D eigenvalue weighted by Crippen LogP contribution is 2.45. The number of carbonyl (C=O) groups excluding carboxylic acids is 2. The number of hydrogen-bond acceptors (Lipinski definition) is 7. The minimum atomic E-state index is -4.81. The van der Waals surface area contributed by atoms with Gasteiger partial charge in [-0.05, 0) is 72.9 Å². The summed E-state index contributed by atoms with van der Waals surface area (Å²) in [4.78, 5) is 44.3. The van der Waals surface area contributed by atoms with Crippen LogP contribution in [0.2, 0.25) is 0 Å². The molecule has 0 aliphatic carbocycles. The number of halogens is 4. The fourth-order valence-corrected chi connectivity index (χ4v) is 6.86. The van der Waals surface area contributed by atoms with Crippen LogP contribution < -0.4 is 5.73 Å². The number of hydrogen-bond donors (Lipinski definition) is 1. The SMILES string of the molecule is CC(C)CC(c1ccc(C(F)(F)F)c(C(=O)N2Cc3nccnc3C2)c1)N1C(=O)[C@@](CC2CCOCC2)(c2ccc(F)cc2)N=C1N. The van der Waals surface area contributed by atoms with Gasteiger partial charge in [0.1, 0.15) is 5.82 Å². The fourth-order valence-electron chi connectivity index (χ4n) is 6.86. The number of nitrogens with two attached hydrogens (primary N) is 1. The quantitative estimate of drug-likeness (QED) is 0.310. The normalized spacial score (nSPS) is 20.9. The first-order chi connectivity index (χ1) is 22.4. The second-order valence-corrected chi connectivity index (χ2v) is 12.8. The first kappa shape index (κ1) is 32.5. The highest BCUT2D eigenvalue weighted by atomic mass is 19.4. The summed E-state index contributed by atoms with van der Waals surface area (Å²) in [5, 5.41) is 0. The van der Waals surface area contributed by atoms with Gasteiger partial charge in [0.2, 0.25) is 0 Å². The number of guanidine groups is 1. The van der Waals surface area contributed by atoms with Crippen LogP contribution in [0.3, 0.4) is 0 Å². The lowest BCUT2D eigenvalue weighted by Crippen LogP contribution is -2.46. The summed E-state index contributed by atoms with van der Waals surface area (Å²) in [6.45, 7) is 4.97. The van der Waals surface area contributed by atoms with Crippen molar-refractivity contribution in [2.45, 2.75) is 70.4 Å². The van der Waals surface area contributed by atoms with Crippen LogP contribution in [-0.4, -0.2) is 50.8 Å². The lowest BCUT2D eigenvalue weighted by molar-refractivity contribution is -0.138. The maximum absolute atomic E-state index is 14.7. The van der Waals surface area contributed by atoms with Crippen LogP contribution in [0.25, 0.3) is 0 Å². The molecule has 2 N–H and O–H groups in total. The Morgan fingerprint density at radius 1 is 1.04 bits per heavy atom. The molecule has 1 fully saturated rings. The zero-order valence-corrected chi connectivity index (χ0v) is 26.1. The molecule has 3 aromatic rings. The van der Waals surface area contributed by atoms with E-state index in [1.807, 2.05) is 13.8 Å². The molecule has 4 heterocycles. The molecule has 1 unspecified atom stereocenters. The van der Waals surface area contributed by atoms with Crippen LogP contribution in [-0.2, 0) is 34.3 Å². The monoisotopic (exact) mass is 652 g/mol. The van der Waals surface area contributed by atoms with Crippen molar-refractivity contribution in [1.82, 2.24) is 19.8 Å². The Kier molecular flexibility index (Phi) is 8.77. The van der Waals surface area contributed by atoms with Gasteiger partial charge in [-0.25, -0.2) is 9.38 Å². The van der Waals surface area contributed by atoms with Gasteiger partial charge in [-0.3, -0.25) is 24.5 Å². The van der Waals surface area contributed by atoms with Crippen molar-refractivity contribution in [1.29, 1.82) is 0 Å². The number of rotatable bonds is 8. The van der Waals surface area contributed by atoms with Gasteiger partial charge >= 0.3 is 6.18 Å². The van der Waals surface area contributed by atoms with Crippen molar-refractivity contribution < 1.29 is 31.9 Å². The molecule has 0 spiro atoms. The summed E-state index contributed by atoms with van der Waals surface area (Å²) >= 11 is 0. The minimum absolute atomic E-state index is 0.0234. The molecule has 0 bridgehead atoms. The van der Waals surface area contributed by atoms with Gasteiger partial charge in [0.25, 0.3) is 11.8 Å². The van der Waals surface area contributed by atoms with E-state index in [1.165, 1.54) is 58.6 Å². The molecular weight excluding hydrogens is 616 g/mol. The lowest BCUT2D eigenvalue weighted by Gasteiger charge is -2.35. The Balaban J connectivity index is 1.41. The predicted molar refractivity (Wildman–Crippen MR) is 164 cm³/mol. The van der Waals surface area contributed by atoms with Crippen molar-refractivity contribution >= 4 is 17.8 Å². The molecule has 3 aliphatic rings. The van der Waals surface area contributed by atoms with E-state index in [1.54, 1.807) is 0 Å². The third kappa shape index (κ3) is 6.32. The smallest absolute Gasteiger partial charge is 0.381 e. The molecule has 6 rings (SSSR count). The van der Waals surface area contributed by atoms with Crippen LogP contribution in [0.5, 0.6) is 0 Å². The summed E-state index contributed by atoms with van der Waals surface area (Å²) in [6, 6.07) is 8.15. The maximum atomic E-state index is 14.7. The topological polar surface area (TPSA) is 114 Å². The number of fused-ring (bicyclic) bond motifs is 1. The average Bonchev–Trinajstić information content (AvgIpc) is 3.58. The standard InChI is InChI=1S/C34H36F4N6O3/c1-20(2)15-29(22-3-8-26(34(36,37)38)25(16-22)30(45)43-18-27-28(19-43)41-12-11-40-27)44-31(46)33(42-32(44)39,17-21-9-13-47-14-10-21)23-4-6-24(35)7-5-23/h3-8,11-12,16,20-21,29H,9-10,13-15,17-19H2,1-2H3,(H2,39,42)/t29?,33-/m1/s1. The summed E-state index contributed by atoms with van der Waals surface area (Å²) in [5.41, 5.74) is 5.33. The second-order valence-electron chi connectivity index (χ2n) is 12.8. The number of aromatic nitrogens is 2. The van der Waals surface area contributed by atoms with E-state index in [0.29, 0.717) is 61.4 Å². The highest BCUT2D eigenvalue weighted by molar-refractivity contribution is 6.07. The highest BCUT2D eigenvalue weighted by Gasteiger charge is 2.52. The van der Waals surface area contributed by atoms with Crippen LogP contribution in [0, 0.1) is 17.7 Å². The number of carbonyl (C=O) groups is 2. The molecule has 248 valence electrons. The van der Waals surface area contributed by atoms with Crippen molar-refractivity contribution in [2.24, 2.45) is 22.6 Å². The predicted octanol–water partition coefficient (Wildman–Crippen LogP) is 5.75. The second kappa shape index (κ2) is 12.7. The van der Waals surface area contributed by atoms with Crippen LogP contribution in [0.4, 0.5) is 17.6 Å². The van der Waals surface area contributed by atoms with E-state index in [0.717, 1.165) is 6.07 Å². The molecular formula is C34H36F4N6O3. The van der Waals surface area contributed by atoms with Gasteiger partial charge in [-0.1, -0.05) is 32.0 Å². The number of aliphatic imine (C=N–C) groups is 1. The zero-order valence-electron chi connectivity index (χ0n) is 26.1. The number of amides is 2. The number of benzene rings is 2. The maximum Gasteiger partial charge on any atom is 0.417 e. The van der Waals surface area contributed by atoms with Crippen LogP contribution in [0.1, 0.15) is 84.0 Å². The molecule has 13 heteroatoms. The van der Waals surface area contributed by atoms with Gasteiger partial charge in [0, 0.05) is 25.6 Å². The molecule has 47 heavy (non-hydrogen) atoms. The molecule has 1 saturated heterocycles. The van der Waals surface area contributed by atoms with Gasteiger partial charge in [-0.15, -0.1) is 0 Å². The van der Waals surface area contributed by atoms with Gasteiger partial charge < -0.3 is 15.4 Å². The Hall–Kier alpha value is -4.39. The van der Waals surface area contributed by atoms with Crippen LogP contribution in [0.15, 0.2) is 59.9 Å². The third-order valence-corrected chi connectivity index (χ3v) is 9.17. The van der Waals surface area contributed by atoms with Crippen LogP contribution >= 0.6 is 0 Å². The Morgan fingerprint density at radius 3 is 2.28 bits per heavy atom. The zero-order chi connectivity index (χ0) is 33.5. The average molecular weight is 653 g/mol. The van der Waals surface area contributed by atoms with E-state index in [4.69, 9.17) is 15.5 Å².